The first-order valence-electron chi connectivity index (χ1n) is 6.20. The molecular formula is C15H20N2O. The van der Waals surface area contributed by atoms with Crippen LogP contribution in [0.15, 0.2) is 40.5 Å². The van der Waals surface area contributed by atoms with Gasteiger partial charge in [-0.3, -0.25) is 0 Å². The molecule has 1 aromatic rings. The number of ether oxygens (including phenoxy) is 1. The van der Waals surface area contributed by atoms with Gasteiger partial charge in [0.05, 0.1) is 7.11 Å². The number of hydrogen-bond acceptors (Lipinski definition) is 3. The molecule has 18 heavy (non-hydrogen) atoms. The van der Waals surface area contributed by atoms with E-state index in [1.807, 2.05) is 25.1 Å². The number of nitrogens with zero attached hydrogens (tertiary/aromatic N) is 1. The third-order valence-electron chi connectivity index (χ3n) is 3.77. The van der Waals surface area contributed by atoms with Gasteiger partial charge in [0.15, 0.2) is 0 Å². The third kappa shape index (κ3) is 2.01. The number of aliphatic imine (C=N–C) groups is 1. The maximum Gasteiger partial charge on any atom is 0.122 e. The topological polar surface area (TPSA) is 47.6 Å². The number of rotatable bonds is 2. The van der Waals surface area contributed by atoms with Crippen molar-refractivity contribution in [2.24, 2.45) is 16.6 Å². The molecule has 3 heteroatoms. The van der Waals surface area contributed by atoms with Gasteiger partial charge in [-0.25, -0.2) is 4.99 Å². The van der Waals surface area contributed by atoms with E-state index in [2.05, 4.69) is 24.9 Å². The number of para-hydroxylation sites is 1. The van der Waals surface area contributed by atoms with Gasteiger partial charge in [0.25, 0.3) is 0 Å². The summed E-state index contributed by atoms with van der Waals surface area (Å²) in [7, 11) is 1.70. The highest BCUT2D eigenvalue weighted by Crippen LogP contribution is 2.40. The van der Waals surface area contributed by atoms with Gasteiger partial charge in [-0.05, 0) is 25.5 Å². The van der Waals surface area contributed by atoms with Crippen LogP contribution in [0, 0.1) is 5.92 Å². The minimum Gasteiger partial charge on any atom is -0.496 e. The van der Waals surface area contributed by atoms with Gasteiger partial charge in [-0.1, -0.05) is 25.1 Å². The third-order valence-corrected chi connectivity index (χ3v) is 3.77. The average Bonchev–Trinajstić information content (AvgIpc) is 2.37. The zero-order valence-corrected chi connectivity index (χ0v) is 11.4. The van der Waals surface area contributed by atoms with E-state index in [1.54, 1.807) is 7.11 Å². The van der Waals surface area contributed by atoms with E-state index in [0.717, 1.165) is 11.4 Å². The number of nitrogens with two attached hydrogens (primary N) is 1. The lowest BCUT2D eigenvalue weighted by Gasteiger charge is -2.30. The highest BCUT2D eigenvalue weighted by Gasteiger charge is 2.30. The van der Waals surface area contributed by atoms with E-state index in [9.17, 15) is 0 Å². The molecule has 0 spiro atoms. The fourth-order valence-corrected chi connectivity index (χ4v) is 2.58. The summed E-state index contributed by atoms with van der Waals surface area (Å²) in [6.07, 6.45) is 0. The standard InChI is InChI=1S/C15H20N2O/c1-9-11(3)17-15(16)10(2)14(9)12-7-5-6-8-13(12)18-4/h5-8,10,14H,1-4H3,(H2,16,17). The fourth-order valence-electron chi connectivity index (χ4n) is 2.58. The summed E-state index contributed by atoms with van der Waals surface area (Å²) in [6, 6.07) is 8.12. The number of benzene rings is 1. The van der Waals surface area contributed by atoms with E-state index >= 15 is 0 Å². The minimum absolute atomic E-state index is 0.199. The van der Waals surface area contributed by atoms with E-state index < -0.39 is 0 Å². The molecule has 2 unspecified atom stereocenters. The van der Waals surface area contributed by atoms with Crippen LogP contribution in [0.5, 0.6) is 5.75 Å². The molecule has 0 radical (unpaired) electrons. The molecule has 0 fully saturated rings. The maximum absolute atomic E-state index is 6.03. The number of amidine groups is 1. The van der Waals surface area contributed by atoms with Gasteiger partial charge in [0.1, 0.15) is 11.6 Å². The van der Waals surface area contributed by atoms with Gasteiger partial charge in [-0.2, -0.15) is 0 Å². The second kappa shape index (κ2) is 4.84. The summed E-state index contributed by atoms with van der Waals surface area (Å²) in [5.41, 5.74) is 9.49. The average molecular weight is 244 g/mol. The van der Waals surface area contributed by atoms with Gasteiger partial charge >= 0.3 is 0 Å². The summed E-state index contributed by atoms with van der Waals surface area (Å²) >= 11 is 0. The molecule has 0 bridgehead atoms. The Labute approximate surface area is 108 Å². The Balaban J connectivity index is 2.53. The Kier molecular flexibility index (Phi) is 3.41. The first-order chi connectivity index (χ1) is 8.56. The first-order valence-corrected chi connectivity index (χ1v) is 6.20. The number of methoxy groups -OCH3 is 1. The summed E-state index contributed by atoms with van der Waals surface area (Å²) in [5, 5.41) is 0. The van der Waals surface area contributed by atoms with Crippen LogP contribution in [0.3, 0.4) is 0 Å². The smallest absolute Gasteiger partial charge is 0.122 e. The van der Waals surface area contributed by atoms with Crippen LogP contribution in [-0.4, -0.2) is 12.9 Å². The Hall–Kier alpha value is -1.77. The van der Waals surface area contributed by atoms with Crippen molar-refractivity contribution in [2.45, 2.75) is 26.7 Å². The molecule has 0 amide bonds. The molecule has 2 N–H and O–H groups in total. The van der Waals surface area contributed by atoms with Crippen molar-refractivity contribution in [1.29, 1.82) is 0 Å². The molecule has 1 heterocycles. The molecule has 2 atom stereocenters. The van der Waals surface area contributed by atoms with Gasteiger partial charge < -0.3 is 10.5 Å². The lowest BCUT2D eigenvalue weighted by Crippen LogP contribution is -2.31. The first kappa shape index (κ1) is 12.7. The zero-order valence-electron chi connectivity index (χ0n) is 11.4. The number of hydrogen-bond donors (Lipinski definition) is 1. The van der Waals surface area contributed by atoms with E-state index in [1.165, 1.54) is 11.1 Å². The van der Waals surface area contributed by atoms with Crippen molar-refractivity contribution in [3.05, 3.63) is 41.1 Å². The molecule has 1 aromatic carbocycles. The van der Waals surface area contributed by atoms with Crippen molar-refractivity contribution in [1.82, 2.24) is 0 Å². The molecule has 0 aliphatic carbocycles. The van der Waals surface area contributed by atoms with Crippen molar-refractivity contribution < 1.29 is 4.74 Å². The molecule has 1 aliphatic rings. The summed E-state index contributed by atoms with van der Waals surface area (Å²) in [6.45, 7) is 6.25. The lowest BCUT2D eigenvalue weighted by molar-refractivity contribution is 0.404. The fraction of sp³-hybridized carbons (Fsp3) is 0.400. The maximum atomic E-state index is 6.03. The molecule has 3 nitrogen and oxygen atoms in total. The molecule has 0 saturated heterocycles. The van der Waals surface area contributed by atoms with Crippen molar-refractivity contribution in [3.63, 3.8) is 0 Å². The molecular weight excluding hydrogens is 224 g/mol. The van der Waals surface area contributed by atoms with Crippen LogP contribution in [0.4, 0.5) is 0 Å². The Morgan fingerprint density at radius 2 is 1.89 bits per heavy atom. The van der Waals surface area contributed by atoms with E-state index in [-0.39, 0.29) is 11.8 Å². The van der Waals surface area contributed by atoms with Crippen molar-refractivity contribution in [3.8, 4) is 5.75 Å². The van der Waals surface area contributed by atoms with Crippen molar-refractivity contribution in [2.75, 3.05) is 7.11 Å². The van der Waals surface area contributed by atoms with Crippen LogP contribution in [0.1, 0.15) is 32.3 Å². The van der Waals surface area contributed by atoms with E-state index in [0.29, 0.717) is 5.84 Å². The SMILES string of the molecule is COc1ccccc1C1C(C)=C(C)N=C(N)C1C. The predicted octanol–water partition coefficient (Wildman–Crippen LogP) is 3.08. The van der Waals surface area contributed by atoms with Crippen LogP contribution in [0.25, 0.3) is 0 Å². The summed E-state index contributed by atoms with van der Waals surface area (Å²) in [5.74, 6) is 2.06. The van der Waals surface area contributed by atoms with Gasteiger partial charge in [0.2, 0.25) is 0 Å². The second-order valence-corrected chi connectivity index (χ2v) is 4.81. The Morgan fingerprint density at radius 1 is 1.22 bits per heavy atom. The molecule has 0 saturated carbocycles. The lowest BCUT2D eigenvalue weighted by atomic mass is 9.78. The predicted molar refractivity (Wildman–Crippen MR) is 74.9 cm³/mol. The van der Waals surface area contributed by atoms with Gasteiger partial charge in [-0.15, -0.1) is 0 Å². The van der Waals surface area contributed by atoms with Crippen LogP contribution >= 0.6 is 0 Å². The van der Waals surface area contributed by atoms with Crippen LogP contribution in [0.2, 0.25) is 0 Å². The van der Waals surface area contributed by atoms with E-state index in [4.69, 9.17) is 10.5 Å². The van der Waals surface area contributed by atoms with Crippen LogP contribution < -0.4 is 10.5 Å². The van der Waals surface area contributed by atoms with Crippen molar-refractivity contribution >= 4 is 5.84 Å². The Morgan fingerprint density at radius 3 is 2.56 bits per heavy atom. The number of allylic oxidation sites excluding steroid dienone is 2. The molecule has 0 aromatic heterocycles. The highest BCUT2D eigenvalue weighted by molar-refractivity contribution is 5.86. The van der Waals surface area contributed by atoms with Gasteiger partial charge in [0, 0.05) is 23.1 Å². The summed E-state index contributed by atoms with van der Waals surface area (Å²) in [4.78, 5) is 4.41. The monoisotopic (exact) mass is 244 g/mol. The summed E-state index contributed by atoms with van der Waals surface area (Å²) < 4.78 is 5.46. The normalized spacial score (nSPS) is 23.9. The minimum atomic E-state index is 0.199. The highest BCUT2D eigenvalue weighted by atomic mass is 16.5. The quantitative estimate of drug-likeness (QED) is 0.869. The second-order valence-electron chi connectivity index (χ2n) is 4.81. The molecule has 96 valence electrons. The van der Waals surface area contributed by atoms with Crippen LogP contribution in [-0.2, 0) is 0 Å². The molecule has 2 rings (SSSR count). The largest absolute Gasteiger partial charge is 0.496 e. The Bertz CT molecular complexity index is 517. The zero-order chi connectivity index (χ0) is 13.3. The molecule has 1 aliphatic heterocycles.